The second-order valence-corrected chi connectivity index (χ2v) is 8.33. The molecule has 0 spiro atoms. The van der Waals surface area contributed by atoms with E-state index in [0.717, 1.165) is 17.9 Å². The fourth-order valence-corrected chi connectivity index (χ4v) is 3.15. The number of nitrogens with one attached hydrogen (secondary N) is 1. The van der Waals surface area contributed by atoms with Gasteiger partial charge in [-0.2, -0.15) is 0 Å². The fraction of sp³-hybridized carbons (Fsp3) is 0.625. The van der Waals surface area contributed by atoms with Crippen molar-refractivity contribution in [1.82, 2.24) is 5.32 Å². The fourth-order valence-electron chi connectivity index (χ4n) is 2.00. The van der Waals surface area contributed by atoms with E-state index in [1.807, 2.05) is 45.0 Å². The quantitative estimate of drug-likeness (QED) is 0.801. The number of sulfone groups is 1. The molecule has 0 radical (unpaired) electrons. The Hall–Kier alpha value is -1.07. The van der Waals surface area contributed by atoms with Crippen molar-refractivity contribution in [2.45, 2.75) is 52.0 Å². The molecule has 1 N–H and O–H groups in total. The van der Waals surface area contributed by atoms with Crippen LogP contribution in [0.25, 0.3) is 0 Å². The minimum absolute atomic E-state index is 0.114. The molecule has 0 amide bonds. The summed E-state index contributed by atoms with van der Waals surface area (Å²) < 4.78 is 29.9. The van der Waals surface area contributed by atoms with Gasteiger partial charge in [0, 0.05) is 6.04 Å². The molecule has 1 unspecified atom stereocenters. The standard InChI is InChI=1S/C16H27NO3S/c1-6-17-16(11-21(18,19)13(4)5)14-7-9-15(10-8-14)20-12(2)3/h7-10,12-13,16-17H,6,11H2,1-5H3. The Labute approximate surface area is 128 Å². The summed E-state index contributed by atoms with van der Waals surface area (Å²) >= 11 is 0. The van der Waals surface area contributed by atoms with E-state index in [9.17, 15) is 8.42 Å². The highest BCUT2D eigenvalue weighted by atomic mass is 32.2. The van der Waals surface area contributed by atoms with E-state index >= 15 is 0 Å². The van der Waals surface area contributed by atoms with E-state index in [1.165, 1.54) is 0 Å². The summed E-state index contributed by atoms with van der Waals surface area (Å²) in [6.07, 6.45) is 0.127. The molecule has 0 fully saturated rings. The molecule has 4 nitrogen and oxygen atoms in total. The molecular weight excluding hydrogens is 286 g/mol. The Balaban J connectivity index is 2.90. The molecule has 1 aromatic rings. The van der Waals surface area contributed by atoms with Crippen molar-refractivity contribution < 1.29 is 13.2 Å². The monoisotopic (exact) mass is 313 g/mol. The van der Waals surface area contributed by atoms with E-state index in [-0.39, 0.29) is 23.1 Å². The molecule has 0 heterocycles. The molecule has 0 bridgehead atoms. The van der Waals surface area contributed by atoms with E-state index in [4.69, 9.17) is 4.74 Å². The molecule has 0 aromatic heterocycles. The number of ether oxygens (including phenoxy) is 1. The van der Waals surface area contributed by atoms with Gasteiger partial charge in [-0.05, 0) is 51.9 Å². The zero-order valence-corrected chi connectivity index (χ0v) is 14.4. The van der Waals surface area contributed by atoms with Gasteiger partial charge in [0.2, 0.25) is 0 Å². The van der Waals surface area contributed by atoms with Crippen LogP contribution in [0, 0.1) is 0 Å². The van der Waals surface area contributed by atoms with Gasteiger partial charge in [-0.15, -0.1) is 0 Å². The highest BCUT2D eigenvalue weighted by molar-refractivity contribution is 7.92. The molecule has 21 heavy (non-hydrogen) atoms. The Morgan fingerprint density at radius 2 is 1.67 bits per heavy atom. The van der Waals surface area contributed by atoms with Crippen molar-refractivity contribution >= 4 is 9.84 Å². The lowest BCUT2D eigenvalue weighted by Crippen LogP contribution is -2.31. The molecule has 1 rings (SSSR count). The topological polar surface area (TPSA) is 55.4 Å². The normalized spacial score (nSPS) is 13.7. The van der Waals surface area contributed by atoms with Crippen LogP contribution >= 0.6 is 0 Å². The van der Waals surface area contributed by atoms with E-state index in [2.05, 4.69) is 5.32 Å². The smallest absolute Gasteiger partial charge is 0.154 e. The third-order valence-electron chi connectivity index (χ3n) is 3.22. The first-order valence-corrected chi connectivity index (χ1v) is 9.19. The van der Waals surface area contributed by atoms with Crippen LogP contribution < -0.4 is 10.1 Å². The molecule has 120 valence electrons. The molecule has 5 heteroatoms. The van der Waals surface area contributed by atoms with Crippen LogP contribution in [0.3, 0.4) is 0 Å². The Bertz CT molecular complexity index is 521. The third-order valence-corrected chi connectivity index (χ3v) is 5.46. The first-order chi connectivity index (χ1) is 9.76. The zero-order chi connectivity index (χ0) is 16.0. The summed E-state index contributed by atoms with van der Waals surface area (Å²) in [5.41, 5.74) is 0.970. The summed E-state index contributed by atoms with van der Waals surface area (Å²) in [6.45, 7) is 10.1. The second kappa shape index (κ2) is 7.80. The lowest BCUT2D eigenvalue weighted by atomic mass is 10.1. The average Bonchev–Trinajstić information content (AvgIpc) is 2.38. The van der Waals surface area contributed by atoms with Crippen LogP contribution in [0.4, 0.5) is 0 Å². The lowest BCUT2D eigenvalue weighted by Gasteiger charge is -2.20. The predicted octanol–water partition coefficient (Wildman–Crippen LogP) is 2.95. The van der Waals surface area contributed by atoms with Crippen molar-refractivity contribution in [2.24, 2.45) is 0 Å². The van der Waals surface area contributed by atoms with Crippen LogP contribution in [0.5, 0.6) is 5.75 Å². The van der Waals surface area contributed by atoms with Crippen molar-refractivity contribution in [3.63, 3.8) is 0 Å². The van der Waals surface area contributed by atoms with Crippen molar-refractivity contribution in [3.8, 4) is 5.75 Å². The third kappa shape index (κ3) is 5.67. The van der Waals surface area contributed by atoms with E-state index in [0.29, 0.717) is 0 Å². The largest absolute Gasteiger partial charge is 0.491 e. The summed E-state index contributed by atoms with van der Waals surface area (Å²) in [5, 5.41) is 2.89. The van der Waals surface area contributed by atoms with Gasteiger partial charge in [-0.1, -0.05) is 19.1 Å². The van der Waals surface area contributed by atoms with Gasteiger partial charge in [-0.25, -0.2) is 8.42 Å². The van der Waals surface area contributed by atoms with E-state index < -0.39 is 9.84 Å². The van der Waals surface area contributed by atoms with Gasteiger partial charge >= 0.3 is 0 Å². The van der Waals surface area contributed by atoms with Gasteiger partial charge in [0.15, 0.2) is 9.84 Å². The van der Waals surface area contributed by atoms with Crippen molar-refractivity contribution in [2.75, 3.05) is 12.3 Å². The molecule has 0 saturated heterocycles. The van der Waals surface area contributed by atoms with Crippen LogP contribution in [0.15, 0.2) is 24.3 Å². The first-order valence-electron chi connectivity index (χ1n) is 7.47. The van der Waals surface area contributed by atoms with Gasteiger partial charge in [0.1, 0.15) is 5.75 Å². The van der Waals surface area contributed by atoms with Gasteiger partial charge in [0.25, 0.3) is 0 Å². The summed E-state index contributed by atoms with van der Waals surface area (Å²) in [5.74, 6) is 0.916. The maximum atomic E-state index is 12.1. The van der Waals surface area contributed by atoms with Crippen molar-refractivity contribution in [1.29, 1.82) is 0 Å². The summed E-state index contributed by atoms with van der Waals surface area (Å²) in [7, 11) is -3.09. The Kier molecular flexibility index (Phi) is 6.68. The van der Waals surface area contributed by atoms with Crippen molar-refractivity contribution in [3.05, 3.63) is 29.8 Å². The number of hydrogen-bond donors (Lipinski definition) is 1. The molecule has 0 aliphatic rings. The minimum Gasteiger partial charge on any atom is -0.491 e. The van der Waals surface area contributed by atoms with Crippen LogP contribution in [-0.4, -0.2) is 32.1 Å². The second-order valence-electron chi connectivity index (χ2n) is 5.72. The first kappa shape index (κ1) is 18.0. The van der Waals surface area contributed by atoms with E-state index in [1.54, 1.807) is 13.8 Å². The zero-order valence-electron chi connectivity index (χ0n) is 13.6. The molecule has 1 aromatic carbocycles. The predicted molar refractivity (Wildman–Crippen MR) is 87.5 cm³/mol. The summed E-state index contributed by atoms with van der Waals surface area (Å²) in [4.78, 5) is 0. The molecule has 0 aliphatic carbocycles. The highest BCUT2D eigenvalue weighted by Crippen LogP contribution is 2.21. The Morgan fingerprint density at radius 3 is 2.10 bits per heavy atom. The Morgan fingerprint density at radius 1 is 1.10 bits per heavy atom. The maximum absolute atomic E-state index is 12.1. The van der Waals surface area contributed by atoms with Gasteiger partial charge < -0.3 is 10.1 Å². The van der Waals surface area contributed by atoms with Crippen LogP contribution in [0.2, 0.25) is 0 Å². The molecule has 0 saturated carbocycles. The lowest BCUT2D eigenvalue weighted by molar-refractivity contribution is 0.242. The summed E-state index contributed by atoms with van der Waals surface area (Å²) in [6, 6.07) is 7.46. The molecule has 1 atom stereocenters. The molecular formula is C16H27NO3S. The number of benzene rings is 1. The number of rotatable bonds is 8. The maximum Gasteiger partial charge on any atom is 0.154 e. The molecule has 0 aliphatic heterocycles. The number of hydrogen-bond acceptors (Lipinski definition) is 4. The van der Waals surface area contributed by atoms with Crippen LogP contribution in [0.1, 0.15) is 46.2 Å². The van der Waals surface area contributed by atoms with Crippen LogP contribution in [-0.2, 0) is 9.84 Å². The minimum atomic E-state index is -3.09. The van der Waals surface area contributed by atoms with Gasteiger partial charge in [-0.3, -0.25) is 0 Å². The highest BCUT2D eigenvalue weighted by Gasteiger charge is 2.23. The SMILES string of the molecule is CCNC(CS(=O)(=O)C(C)C)c1ccc(OC(C)C)cc1. The van der Waals surface area contributed by atoms with Gasteiger partial charge in [0.05, 0.1) is 17.1 Å². The average molecular weight is 313 g/mol.